The normalized spacial score (nSPS) is 10.5. The molecule has 0 atom stereocenters. The Bertz CT molecular complexity index is 648. The minimum atomic E-state index is -0.645. The van der Waals surface area contributed by atoms with E-state index in [1.165, 1.54) is 25.4 Å². The van der Waals surface area contributed by atoms with Gasteiger partial charge in [0.05, 0.1) is 13.3 Å². The number of benzene rings is 1. The summed E-state index contributed by atoms with van der Waals surface area (Å²) in [6.07, 6.45) is 1.47. The van der Waals surface area contributed by atoms with Crippen LogP contribution in [0.1, 0.15) is 11.4 Å². The molecule has 0 radical (unpaired) electrons. The third-order valence-corrected chi connectivity index (χ3v) is 2.66. The second kappa shape index (κ2) is 5.17. The molecule has 1 heterocycles. The smallest absolute Gasteiger partial charge is 0.315 e. The van der Waals surface area contributed by atoms with Crippen molar-refractivity contribution in [2.75, 3.05) is 7.11 Å². The summed E-state index contributed by atoms with van der Waals surface area (Å²) in [4.78, 5) is 15.2. The zero-order chi connectivity index (χ0) is 14.0. The third kappa shape index (κ3) is 2.96. The van der Waals surface area contributed by atoms with Crippen LogP contribution >= 0.6 is 0 Å². The van der Waals surface area contributed by atoms with Gasteiger partial charge in [-0.1, -0.05) is 0 Å². The van der Waals surface area contributed by atoms with Gasteiger partial charge in [-0.15, -0.1) is 0 Å². The van der Waals surface area contributed by atoms with Crippen molar-refractivity contribution in [3.63, 3.8) is 0 Å². The van der Waals surface area contributed by atoms with Crippen molar-refractivity contribution < 1.29 is 13.5 Å². The largest absolute Gasteiger partial charge is 0.490 e. The van der Waals surface area contributed by atoms with Gasteiger partial charge in [-0.3, -0.25) is 4.79 Å². The molecule has 0 aliphatic heterocycles. The molecule has 4 nitrogen and oxygen atoms in total. The molecule has 0 saturated carbocycles. The van der Waals surface area contributed by atoms with Gasteiger partial charge in [0.25, 0.3) is 0 Å². The lowest BCUT2D eigenvalue weighted by molar-refractivity contribution is 0.400. The fraction of sp³-hybridized carbons (Fsp3) is 0.231. The molecule has 2 aromatic rings. The first-order valence-corrected chi connectivity index (χ1v) is 5.56. The Morgan fingerprint density at radius 1 is 1.26 bits per heavy atom. The maximum atomic E-state index is 13.1. The zero-order valence-corrected chi connectivity index (χ0v) is 10.5. The first-order chi connectivity index (χ1) is 8.99. The highest BCUT2D eigenvalue weighted by Crippen LogP contribution is 2.11. The van der Waals surface area contributed by atoms with Crippen LogP contribution in [0.25, 0.3) is 0 Å². The van der Waals surface area contributed by atoms with Crippen molar-refractivity contribution in [3.05, 3.63) is 57.8 Å². The molecule has 6 heteroatoms. The van der Waals surface area contributed by atoms with Crippen LogP contribution in [-0.2, 0) is 6.54 Å². The lowest BCUT2D eigenvalue weighted by Crippen LogP contribution is -2.17. The van der Waals surface area contributed by atoms with E-state index in [1.54, 1.807) is 11.5 Å². The molecule has 0 amide bonds. The molecule has 1 aromatic heterocycles. The number of nitrogens with zero attached hydrogens (tertiary/aromatic N) is 2. The van der Waals surface area contributed by atoms with Crippen molar-refractivity contribution in [3.8, 4) is 5.75 Å². The van der Waals surface area contributed by atoms with Crippen LogP contribution < -0.4 is 10.3 Å². The Morgan fingerprint density at radius 2 is 1.89 bits per heavy atom. The summed E-state index contributed by atoms with van der Waals surface area (Å²) < 4.78 is 32.7. The van der Waals surface area contributed by atoms with Crippen LogP contribution in [0.3, 0.4) is 0 Å². The monoisotopic (exact) mass is 266 g/mol. The second-order valence-electron chi connectivity index (χ2n) is 4.07. The van der Waals surface area contributed by atoms with Gasteiger partial charge in [0.15, 0.2) is 0 Å². The van der Waals surface area contributed by atoms with Crippen LogP contribution in [0.5, 0.6) is 5.75 Å². The molecule has 0 bridgehead atoms. The molecule has 0 saturated heterocycles. The Kier molecular flexibility index (Phi) is 3.59. The topological polar surface area (TPSA) is 44.1 Å². The van der Waals surface area contributed by atoms with Gasteiger partial charge >= 0.3 is 5.56 Å². The van der Waals surface area contributed by atoms with Crippen molar-refractivity contribution in [2.45, 2.75) is 13.5 Å². The standard InChI is InChI=1S/C13H12F2N2O2/c1-8-16-13(18)12(19-2)7-17(8)6-9-3-10(14)5-11(15)4-9/h3-5,7H,6H2,1-2H3. The fourth-order valence-electron chi connectivity index (χ4n) is 1.76. The van der Waals surface area contributed by atoms with Crippen LogP contribution in [0, 0.1) is 18.6 Å². The number of methoxy groups -OCH3 is 1. The molecule has 1 aromatic carbocycles. The van der Waals surface area contributed by atoms with E-state index in [0.717, 1.165) is 6.07 Å². The van der Waals surface area contributed by atoms with Gasteiger partial charge in [-0.2, -0.15) is 4.98 Å². The average molecular weight is 266 g/mol. The first kappa shape index (κ1) is 13.2. The predicted octanol–water partition coefficient (Wildman–Crippen LogP) is 1.89. The lowest BCUT2D eigenvalue weighted by atomic mass is 10.2. The number of hydrogen-bond donors (Lipinski definition) is 0. The van der Waals surface area contributed by atoms with Gasteiger partial charge in [0.1, 0.15) is 17.5 Å². The highest BCUT2D eigenvalue weighted by atomic mass is 19.1. The van der Waals surface area contributed by atoms with Gasteiger partial charge in [0.2, 0.25) is 5.75 Å². The Morgan fingerprint density at radius 3 is 2.47 bits per heavy atom. The lowest BCUT2D eigenvalue weighted by Gasteiger charge is -2.11. The molecule has 2 rings (SSSR count). The molecule has 0 N–H and O–H groups in total. The molecular formula is C13H12F2N2O2. The predicted molar refractivity (Wildman–Crippen MR) is 65.2 cm³/mol. The van der Waals surface area contributed by atoms with Crippen molar-refractivity contribution in [1.29, 1.82) is 0 Å². The highest BCUT2D eigenvalue weighted by molar-refractivity contribution is 5.20. The van der Waals surface area contributed by atoms with E-state index in [4.69, 9.17) is 4.74 Å². The van der Waals surface area contributed by atoms with Crippen molar-refractivity contribution >= 4 is 0 Å². The molecule has 0 aliphatic rings. The Labute approximate surface area is 108 Å². The number of rotatable bonds is 3. The molecule has 0 aliphatic carbocycles. The van der Waals surface area contributed by atoms with Gasteiger partial charge in [-0.25, -0.2) is 8.78 Å². The summed E-state index contributed by atoms with van der Waals surface area (Å²) >= 11 is 0. The summed E-state index contributed by atoms with van der Waals surface area (Å²) in [5.41, 5.74) is -0.0326. The minimum Gasteiger partial charge on any atom is -0.490 e. The second-order valence-corrected chi connectivity index (χ2v) is 4.07. The molecule has 19 heavy (non-hydrogen) atoms. The number of ether oxygens (including phenoxy) is 1. The molecule has 0 unspecified atom stereocenters. The molecular weight excluding hydrogens is 254 g/mol. The first-order valence-electron chi connectivity index (χ1n) is 5.56. The molecule has 0 spiro atoms. The minimum absolute atomic E-state index is 0.0856. The van der Waals surface area contributed by atoms with E-state index >= 15 is 0 Å². The molecule has 0 fully saturated rings. The summed E-state index contributed by atoms with van der Waals surface area (Å²) in [7, 11) is 1.36. The number of hydrogen-bond acceptors (Lipinski definition) is 3. The highest BCUT2D eigenvalue weighted by Gasteiger charge is 2.07. The summed E-state index contributed by atoms with van der Waals surface area (Å²) in [5.74, 6) is -0.764. The van der Waals surface area contributed by atoms with Gasteiger partial charge < -0.3 is 9.30 Å². The van der Waals surface area contributed by atoms with E-state index in [1.807, 2.05) is 0 Å². The van der Waals surface area contributed by atoms with Crippen LogP contribution in [0.4, 0.5) is 8.78 Å². The number of aromatic nitrogens is 2. The quantitative estimate of drug-likeness (QED) is 0.852. The Hall–Kier alpha value is -2.24. The van der Waals surface area contributed by atoms with E-state index < -0.39 is 17.2 Å². The summed E-state index contributed by atoms with van der Waals surface area (Å²) in [5, 5.41) is 0. The van der Waals surface area contributed by atoms with Crippen LogP contribution in [-0.4, -0.2) is 16.7 Å². The van der Waals surface area contributed by atoms with Gasteiger partial charge in [0, 0.05) is 12.6 Å². The maximum Gasteiger partial charge on any atom is 0.315 e. The van der Waals surface area contributed by atoms with E-state index in [0.29, 0.717) is 11.4 Å². The SMILES string of the molecule is COc1cn(Cc2cc(F)cc(F)c2)c(C)nc1=O. The molecule has 100 valence electrons. The summed E-state index contributed by atoms with van der Waals surface area (Å²) in [6.45, 7) is 1.83. The van der Waals surface area contributed by atoms with E-state index in [9.17, 15) is 13.6 Å². The maximum absolute atomic E-state index is 13.1. The Balaban J connectivity index is 2.40. The van der Waals surface area contributed by atoms with E-state index in [2.05, 4.69) is 4.98 Å². The van der Waals surface area contributed by atoms with Crippen LogP contribution in [0.2, 0.25) is 0 Å². The van der Waals surface area contributed by atoms with Crippen molar-refractivity contribution in [1.82, 2.24) is 9.55 Å². The average Bonchev–Trinajstić information content (AvgIpc) is 2.31. The van der Waals surface area contributed by atoms with Crippen LogP contribution in [0.15, 0.2) is 29.2 Å². The number of aryl methyl sites for hydroxylation is 1. The van der Waals surface area contributed by atoms with Crippen molar-refractivity contribution in [2.24, 2.45) is 0 Å². The zero-order valence-electron chi connectivity index (χ0n) is 10.5. The number of halogens is 2. The van der Waals surface area contributed by atoms with E-state index in [-0.39, 0.29) is 12.3 Å². The summed E-state index contributed by atoms with van der Waals surface area (Å²) in [6, 6.07) is 3.26. The fourth-order valence-corrected chi connectivity index (χ4v) is 1.76. The van der Waals surface area contributed by atoms with Gasteiger partial charge in [-0.05, 0) is 24.6 Å². The third-order valence-electron chi connectivity index (χ3n) is 2.66.